The van der Waals surface area contributed by atoms with E-state index in [9.17, 15) is 24.3 Å². The number of carbonyl (C=O) groups is 4. The first-order valence-corrected chi connectivity index (χ1v) is 6.66. The lowest BCUT2D eigenvalue weighted by molar-refractivity contribution is -0.175. The van der Waals surface area contributed by atoms with Crippen LogP contribution in [0.5, 0.6) is 0 Å². The summed E-state index contributed by atoms with van der Waals surface area (Å²) in [5.41, 5.74) is 7.16. The number of aliphatic carboxylic acids is 2. The number of nitrogens with zero attached hydrogens (tertiary/aromatic N) is 1. The highest BCUT2D eigenvalue weighted by Crippen LogP contribution is 2.14. The van der Waals surface area contributed by atoms with Gasteiger partial charge in [0, 0.05) is 6.54 Å². The second kappa shape index (κ2) is 9.29. The highest BCUT2D eigenvalue weighted by Gasteiger charge is 2.48. The molecule has 0 spiro atoms. The quantitative estimate of drug-likeness (QED) is 0.0772. The van der Waals surface area contributed by atoms with Gasteiger partial charge in [0.05, 0.1) is 13.5 Å². The van der Waals surface area contributed by atoms with E-state index >= 15 is 0 Å². The van der Waals surface area contributed by atoms with E-state index in [0.717, 1.165) is 7.11 Å². The maximum absolute atomic E-state index is 12.0. The van der Waals surface area contributed by atoms with Gasteiger partial charge in [-0.25, -0.2) is 9.59 Å². The van der Waals surface area contributed by atoms with Crippen LogP contribution in [0.15, 0.2) is 4.99 Å². The molecule has 8 N–H and O–H groups in total. The fourth-order valence-electron chi connectivity index (χ4n) is 1.67. The Morgan fingerprint density at radius 3 is 2.25 bits per heavy atom. The van der Waals surface area contributed by atoms with Crippen LogP contribution < -0.4 is 16.8 Å². The number of aliphatic hydroxyl groups is 1. The number of carboxylic acids is 2. The summed E-state index contributed by atoms with van der Waals surface area (Å²) in [5.74, 6) is -6.31. The van der Waals surface area contributed by atoms with E-state index in [1.54, 1.807) is 0 Å². The van der Waals surface area contributed by atoms with Crippen molar-refractivity contribution in [2.24, 2.45) is 16.5 Å². The maximum Gasteiger partial charge on any atom is 0.348 e. The summed E-state index contributed by atoms with van der Waals surface area (Å²) in [6, 6.07) is -1.49. The van der Waals surface area contributed by atoms with Crippen LogP contribution in [-0.4, -0.2) is 70.4 Å². The molecule has 24 heavy (non-hydrogen) atoms. The van der Waals surface area contributed by atoms with E-state index < -0.39 is 41.9 Å². The summed E-state index contributed by atoms with van der Waals surface area (Å²) in [6.45, 7) is 0.0956. The lowest BCUT2D eigenvalue weighted by Crippen LogP contribution is -2.57. The monoisotopic (exact) mass is 348 g/mol. The highest BCUT2D eigenvalue weighted by atomic mass is 16.5. The van der Waals surface area contributed by atoms with E-state index in [1.807, 2.05) is 5.32 Å². The van der Waals surface area contributed by atoms with Crippen molar-refractivity contribution in [3.05, 3.63) is 0 Å². The van der Waals surface area contributed by atoms with Gasteiger partial charge in [-0.05, 0) is 12.8 Å². The third kappa shape index (κ3) is 6.48. The van der Waals surface area contributed by atoms with Crippen molar-refractivity contribution in [2.75, 3.05) is 13.7 Å². The molecule has 0 saturated carbocycles. The molecule has 0 aromatic carbocycles. The first-order chi connectivity index (χ1) is 11.0. The van der Waals surface area contributed by atoms with E-state index in [-0.39, 0.29) is 25.3 Å². The van der Waals surface area contributed by atoms with Crippen LogP contribution in [-0.2, 0) is 23.9 Å². The van der Waals surface area contributed by atoms with E-state index in [0.29, 0.717) is 0 Å². The molecule has 0 saturated heterocycles. The number of nitrogens with two attached hydrogens (primary N) is 2. The second-order valence-electron chi connectivity index (χ2n) is 4.74. The molecule has 0 aromatic heterocycles. The second-order valence-corrected chi connectivity index (χ2v) is 4.74. The fourth-order valence-corrected chi connectivity index (χ4v) is 1.67. The molecule has 0 rings (SSSR count). The first-order valence-electron chi connectivity index (χ1n) is 6.66. The zero-order valence-electron chi connectivity index (χ0n) is 12.9. The summed E-state index contributed by atoms with van der Waals surface area (Å²) >= 11 is 0. The van der Waals surface area contributed by atoms with Crippen molar-refractivity contribution in [1.29, 1.82) is 0 Å². The molecule has 0 radical (unpaired) electrons. The zero-order chi connectivity index (χ0) is 18.9. The third-order valence-corrected chi connectivity index (χ3v) is 2.85. The summed E-state index contributed by atoms with van der Waals surface area (Å²) in [6.07, 6.45) is -1.24. The Hall–Kier alpha value is -2.89. The summed E-state index contributed by atoms with van der Waals surface area (Å²) in [5, 5.41) is 29.6. The molecule has 0 fully saturated rings. The smallest absolute Gasteiger partial charge is 0.348 e. The third-order valence-electron chi connectivity index (χ3n) is 2.85. The molecular weight excluding hydrogens is 328 g/mol. The molecule has 0 heterocycles. The molecule has 1 amide bonds. The molecule has 136 valence electrons. The van der Waals surface area contributed by atoms with E-state index in [1.165, 1.54) is 0 Å². The van der Waals surface area contributed by atoms with Gasteiger partial charge < -0.3 is 36.8 Å². The number of methoxy groups -OCH3 is 1. The molecule has 0 aromatic rings. The Morgan fingerprint density at radius 2 is 1.83 bits per heavy atom. The molecule has 2 unspecified atom stereocenters. The van der Waals surface area contributed by atoms with Crippen LogP contribution in [0, 0.1) is 0 Å². The van der Waals surface area contributed by atoms with Gasteiger partial charge in [0.25, 0.3) is 11.5 Å². The SMILES string of the molecule is COC(=O)C(O)(CC(=O)O)C(=O)NC(CCCN=C(N)N)C(=O)O. The molecule has 12 nitrogen and oxygen atoms in total. The molecule has 0 aliphatic carbocycles. The Labute approximate surface area is 136 Å². The average Bonchev–Trinajstić information content (AvgIpc) is 2.47. The minimum absolute atomic E-state index is 0.0956. The normalized spacial score (nSPS) is 13.9. The van der Waals surface area contributed by atoms with Crippen LogP contribution >= 0.6 is 0 Å². The van der Waals surface area contributed by atoms with E-state index in [2.05, 4.69) is 9.73 Å². The number of rotatable bonds is 10. The number of esters is 1. The minimum Gasteiger partial charge on any atom is -0.481 e. The Bertz CT molecular complexity index is 531. The number of carboxylic acid groups (broad SMARTS) is 2. The number of hydrogen-bond acceptors (Lipinski definition) is 7. The van der Waals surface area contributed by atoms with Crippen molar-refractivity contribution in [1.82, 2.24) is 5.32 Å². The molecule has 12 heteroatoms. The Kier molecular flexibility index (Phi) is 8.18. The summed E-state index contributed by atoms with van der Waals surface area (Å²) in [7, 11) is 0.840. The van der Waals surface area contributed by atoms with Gasteiger partial charge in [-0.1, -0.05) is 0 Å². The number of aliphatic imine (C=N–C) groups is 1. The van der Waals surface area contributed by atoms with Gasteiger partial charge in [0.2, 0.25) is 0 Å². The molecule has 0 aliphatic heterocycles. The molecule has 0 bridgehead atoms. The standard InChI is InChI=1S/C12H20N4O8/c1-24-10(22)12(23,5-7(17)18)9(21)16-6(8(19)20)3-2-4-15-11(13)14/h6,23H,2-5H2,1H3,(H,16,21)(H,17,18)(H,19,20)(H4,13,14,15). The van der Waals surface area contributed by atoms with Crippen LogP contribution in [0.4, 0.5) is 0 Å². The highest BCUT2D eigenvalue weighted by molar-refractivity contribution is 6.09. The lowest BCUT2D eigenvalue weighted by atomic mass is 9.97. The van der Waals surface area contributed by atoms with Crippen LogP contribution in [0.3, 0.4) is 0 Å². The zero-order valence-corrected chi connectivity index (χ0v) is 12.9. The summed E-state index contributed by atoms with van der Waals surface area (Å²) < 4.78 is 4.20. The predicted octanol–water partition coefficient (Wildman–Crippen LogP) is -3.01. The molecular formula is C12H20N4O8. The maximum atomic E-state index is 12.0. The van der Waals surface area contributed by atoms with Crippen molar-refractivity contribution < 1.29 is 39.2 Å². The van der Waals surface area contributed by atoms with Gasteiger partial charge in [0.15, 0.2) is 5.96 Å². The van der Waals surface area contributed by atoms with Crippen molar-refractivity contribution in [3.63, 3.8) is 0 Å². The van der Waals surface area contributed by atoms with Crippen molar-refractivity contribution in [2.45, 2.75) is 30.9 Å². The number of amides is 1. The van der Waals surface area contributed by atoms with Gasteiger partial charge in [-0.3, -0.25) is 14.6 Å². The van der Waals surface area contributed by atoms with Crippen molar-refractivity contribution in [3.8, 4) is 0 Å². The molecule has 0 aliphatic rings. The van der Waals surface area contributed by atoms with Gasteiger partial charge in [0.1, 0.15) is 6.04 Å². The minimum atomic E-state index is -3.05. The predicted molar refractivity (Wildman–Crippen MR) is 78.7 cm³/mol. The summed E-state index contributed by atoms with van der Waals surface area (Å²) in [4.78, 5) is 49.0. The number of carbonyl (C=O) groups excluding carboxylic acids is 2. The van der Waals surface area contributed by atoms with Gasteiger partial charge in [-0.15, -0.1) is 0 Å². The van der Waals surface area contributed by atoms with Crippen LogP contribution in [0.2, 0.25) is 0 Å². The number of hydrogen-bond donors (Lipinski definition) is 6. The van der Waals surface area contributed by atoms with Crippen LogP contribution in [0.1, 0.15) is 19.3 Å². The molecule has 2 atom stereocenters. The van der Waals surface area contributed by atoms with Crippen LogP contribution in [0.25, 0.3) is 0 Å². The number of guanidine groups is 1. The number of nitrogens with one attached hydrogen (secondary N) is 1. The Balaban J connectivity index is 5.06. The van der Waals surface area contributed by atoms with Crippen molar-refractivity contribution >= 4 is 29.8 Å². The Morgan fingerprint density at radius 1 is 1.25 bits per heavy atom. The number of ether oxygens (including phenoxy) is 1. The topological polar surface area (TPSA) is 215 Å². The van der Waals surface area contributed by atoms with E-state index in [4.69, 9.17) is 21.7 Å². The lowest BCUT2D eigenvalue weighted by Gasteiger charge is -2.24. The average molecular weight is 348 g/mol. The largest absolute Gasteiger partial charge is 0.481 e. The van der Waals surface area contributed by atoms with Gasteiger partial charge >= 0.3 is 17.9 Å². The van der Waals surface area contributed by atoms with Gasteiger partial charge in [-0.2, -0.15) is 0 Å². The fraction of sp³-hybridized carbons (Fsp3) is 0.583. The first kappa shape index (κ1) is 21.1.